The van der Waals surface area contributed by atoms with Gasteiger partial charge in [-0.3, -0.25) is 10.1 Å². The van der Waals surface area contributed by atoms with Gasteiger partial charge in [-0.15, -0.1) is 0 Å². The van der Waals surface area contributed by atoms with E-state index in [0.29, 0.717) is 36.0 Å². The molecule has 0 aliphatic carbocycles. The number of halogens is 2. The lowest BCUT2D eigenvalue weighted by atomic mass is 10.1. The summed E-state index contributed by atoms with van der Waals surface area (Å²) in [5.74, 6) is -0.347. The Morgan fingerprint density at radius 1 is 1.04 bits per heavy atom. The Labute approximate surface area is 150 Å². The van der Waals surface area contributed by atoms with Crippen LogP contribution in [0.4, 0.5) is 14.5 Å². The number of nitrogens with one attached hydrogen (secondary N) is 2. The van der Waals surface area contributed by atoms with Crippen LogP contribution in [-0.4, -0.2) is 25.2 Å². The highest BCUT2D eigenvalue weighted by atomic mass is 19.1. The van der Waals surface area contributed by atoms with Crippen molar-refractivity contribution in [2.75, 3.05) is 18.5 Å². The number of ether oxygens (including phenoxy) is 2. The van der Waals surface area contributed by atoms with Gasteiger partial charge in [0.15, 0.2) is 11.5 Å². The van der Waals surface area contributed by atoms with E-state index in [2.05, 4.69) is 10.6 Å². The molecule has 0 saturated heterocycles. The molecule has 2 atom stereocenters. The molecule has 1 amide bonds. The van der Waals surface area contributed by atoms with E-state index in [1.807, 2.05) is 0 Å². The molecular formula is C19H20F2N2O3. The molecular weight excluding hydrogens is 342 g/mol. The van der Waals surface area contributed by atoms with Gasteiger partial charge >= 0.3 is 0 Å². The molecule has 1 heterocycles. The number of carbonyl (C=O) groups excluding carboxylic acids is 1. The standard InChI is InChI=1S/C19H20F2N2O3/c1-11(15-5-3-13(20)9-16(15)21)22-12(2)19(24)23-14-4-6-17-18(10-14)26-8-7-25-17/h3-6,9-12,22H,7-8H2,1-2H3,(H,23,24)/t11-,12-/m0/s1. The number of hydrogen-bond donors (Lipinski definition) is 2. The molecule has 138 valence electrons. The van der Waals surface area contributed by atoms with Crippen molar-refractivity contribution in [3.8, 4) is 11.5 Å². The molecule has 2 aromatic carbocycles. The van der Waals surface area contributed by atoms with E-state index in [-0.39, 0.29) is 5.91 Å². The van der Waals surface area contributed by atoms with E-state index in [0.717, 1.165) is 6.07 Å². The zero-order valence-corrected chi connectivity index (χ0v) is 14.5. The van der Waals surface area contributed by atoms with Crippen LogP contribution in [0, 0.1) is 11.6 Å². The van der Waals surface area contributed by atoms with Crippen LogP contribution in [0.15, 0.2) is 36.4 Å². The molecule has 0 bridgehead atoms. The van der Waals surface area contributed by atoms with Crippen molar-refractivity contribution in [2.24, 2.45) is 0 Å². The Morgan fingerprint density at radius 3 is 2.50 bits per heavy atom. The fourth-order valence-electron chi connectivity index (χ4n) is 2.76. The summed E-state index contributed by atoms with van der Waals surface area (Å²) in [5.41, 5.74) is 0.874. The van der Waals surface area contributed by atoms with Gasteiger partial charge in [0.05, 0.1) is 6.04 Å². The molecule has 3 rings (SSSR count). The number of fused-ring (bicyclic) bond motifs is 1. The molecule has 0 radical (unpaired) electrons. The molecule has 1 aliphatic heterocycles. The van der Waals surface area contributed by atoms with Crippen LogP contribution in [-0.2, 0) is 4.79 Å². The van der Waals surface area contributed by atoms with Crippen LogP contribution >= 0.6 is 0 Å². The van der Waals surface area contributed by atoms with Crippen molar-refractivity contribution in [1.82, 2.24) is 5.32 Å². The third-order valence-electron chi connectivity index (χ3n) is 4.13. The highest BCUT2D eigenvalue weighted by Crippen LogP contribution is 2.32. The summed E-state index contributed by atoms with van der Waals surface area (Å²) in [7, 11) is 0. The maximum absolute atomic E-state index is 13.9. The molecule has 0 saturated carbocycles. The Morgan fingerprint density at radius 2 is 1.77 bits per heavy atom. The lowest BCUT2D eigenvalue weighted by Gasteiger charge is -2.21. The number of carbonyl (C=O) groups is 1. The average Bonchev–Trinajstić information content (AvgIpc) is 2.61. The van der Waals surface area contributed by atoms with Crippen molar-refractivity contribution in [2.45, 2.75) is 25.9 Å². The molecule has 0 fully saturated rings. The summed E-state index contributed by atoms with van der Waals surface area (Å²) in [5, 5.41) is 5.79. The number of anilines is 1. The van der Waals surface area contributed by atoms with Crippen LogP contribution < -0.4 is 20.1 Å². The Bertz CT molecular complexity index is 813. The summed E-state index contributed by atoms with van der Waals surface area (Å²) in [6, 6.07) is 7.49. The normalized spacial score (nSPS) is 15.2. The van der Waals surface area contributed by atoms with Gasteiger partial charge in [0, 0.05) is 29.4 Å². The number of hydrogen-bond acceptors (Lipinski definition) is 4. The molecule has 7 heteroatoms. The zero-order valence-electron chi connectivity index (χ0n) is 14.5. The fourth-order valence-corrected chi connectivity index (χ4v) is 2.76. The van der Waals surface area contributed by atoms with Crippen molar-refractivity contribution in [3.05, 3.63) is 53.6 Å². The first-order valence-electron chi connectivity index (χ1n) is 8.35. The average molecular weight is 362 g/mol. The van der Waals surface area contributed by atoms with E-state index in [1.54, 1.807) is 32.0 Å². The number of rotatable bonds is 5. The molecule has 0 spiro atoms. The van der Waals surface area contributed by atoms with Crippen LogP contribution in [0.25, 0.3) is 0 Å². The summed E-state index contributed by atoms with van der Waals surface area (Å²) in [6.07, 6.45) is 0. The minimum atomic E-state index is -0.649. The zero-order chi connectivity index (χ0) is 18.7. The lowest BCUT2D eigenvalue weighted by molar-refractivity contribution is -0.117. The van der Waals surface area contributed by atoms with E-state index in [9.17, 15) is 13.6 Å². The third kappa shape index (κ3) is 4.11. The minimum Gasteiger partial charge on any atom is -0.486 e. The summed E-state index contributed by atoms with van der Waals surface area (Å²) in [6.45, 7) is 4.34. The van der Waals surface area contributed by atoms with E-state index in [4.69, 9.17) is 9.47 Å². The lowest BCUT2D eigenvalue weighted by Crippen LogP contribution is -2.39. The van der Waals surface area contributed by atoms with Crippen LogP contribution in [0.2, 0.25) is 0 Å². The second kappa shape index (κ2) is 7.70. The highest BCUT2D eigenvalue weighted by molar-refractivity contribution is 5.94. The largest absolute Gasteiger partial charge is 0.486 e. The molecule has 26 heavy (non-hydrogen) atoms. The van der Waals surface area contributed by atoms with Gasteiger partial charge in [-0.25, -0.2) is 8.78 Å². The van der Waals surface area contributed by atoms with Crippen molar-refractivity contribution in [3.63, 3.8) is 0 Å². The van der Waals surface area contributed by atoms with E-state index in [1.165, 1.54) is 12.1 Å². The predicted octanol–water partition coefficient (Wildman–Crippen LogP) is 3.41. The first-order valence-corrected chi connectivity index (χ1v) is 8.35. The number of amides is 1. The molecule has 0 aromatic heterocycles. The van der Waals surface area contributed by atoms with Gasteiger partial charge in [0.2, 0.25) is 5.91 Å². The van der Waals surface area contributed by atoms with E-state index < -0.39 is 23.7 Å². The quantitative estimate of drug-likeness (QED) is 0.856. The summed E-state index contributed by atoms with van der Waals surface area (Å²) < 4.78 is 37.8. The molecule has 2 aromatic rings. The maximum Gasteiger partial charge on any atom is 0.241 e. The molecule has 5 nitrogen and oxygen atoms in total. The van der Waals surface area contributed by atoms with Crippen molar-refractivity contribution in [1.29, 1.82) is 0 Å². The van der Waals surface area contributed by atoms with Gasteiger partial charge in [-0.1, -0.05) is 6.07 Å². The summed E-state index contributed by atoms with van der Waals surface area (Å²) in [4.78, 5) is 12.4. The first-order chi connectivity index (χ1) is 12.4. The first kappa shape index (κ1) is 18.1. The van der Waals surface area contributed by atoms with Gasteiger partial charge in [0.25, 0.3) is 0 Å². The molecule has 0 unspecified atom stereocenters. The second-order valence-corrected chi connectivity index (χ2v) is 6.12. The van der Waals surface area contributed by atoms with Crippen LogP contribution in [0.3, 0.4) is 0 Å². The second-order valence-electron chi connectivity index (χ2n) is 6.12. The Balaban J connectivity index is 1.62. The highest BCUT2D eigenvalue weighted by Gasteiger charge is 2.20. The van der Waals surface area contributed by atoms with Crippen molar-refractivity contribution >= 4 is 11.6 Å². The molecule has 2 N–H and O–H groups in total. The van der Waals surface area contributed by atoms with Crippen LogP contribution in [0.1, 0.15) is 25.5 Å². The van der Waals surface area contributed by atoms with E-state index >= 15 is 0 Å². The third-order valence-corrected chi connectivity index (χ3v) is 4.13. The maximum atomic E-state index is 13.9. The topological polar surface area (TPSA) is 59.6 Å². The predicted molar refractivity (Wildman–Crippen MR) is 93.4 cm³/mol. The van der Waals surface area contributed by atoms with Gasteiger partial charge in [0.1, 0.15) is 24.8 Å². The Hall–Kier alpha value is -2.67. The van der Waals surface area contributed by atoms with Crippen LogP contribution in [0.5, 0.6) is 11.5 Å². The van der Waals surface area contributed by atoms with Gasteiger partial charge < -0.3 is 14.8 Å². The van der Waals surface area contributed by atoms with Crippen molar-refractivity contribution < 1.29 is 23.0 Å². The Kier molecular flexibility index (Phi) is 5.37. The van der Waals surface area contributed by atoms with Gasteiger partial charge in [-0.05, 0) is 32.0 Å². The SMILES string of the molecule is C[C@H](N[C@@H](C)c1ccc(F)cc1F)C(=O)Nc1ccc2c(c1)OCCO2. The van der Waals surface area contributed by atoms with Gasteiger partial charge in [-0.2, -0.15) is 0 Å². The smallest absolute Gasteiger partial charge is 0.241 e. The summed E-state index contributed by atoms with van der Waals surface area (Å²) >= 11 is 0. The minimum absolute atomic E-state index is 0.281. The monoisotopic (exact) mass is 362 g/mol. The fraction of sp³-hybridized carbons (Fsp3) is 0.316. The number of benzene rings is 2. The molecule has 1 aliphatic rings.